The van der Waals surface area contributed by atoms with Crippen LogP contribution in [0.1, 0.15) is 19.0 Å². The van der Waals surface area contributed by atoms with Gasteiger partial charge in [0, 0.05) is 25.9 Å². The molecule has 3 aromatic heterocycles. The van der Waals surface area contributed by atoms with Gasteiger partial charge in [-0.3, -0.25) is 0 Å². The van der Waals surface area contributed by atoms with Gasteiger partial charge in [-0.25, -0.2) is 9.97 Å². The van der Waals surface area contributed by atoms with Crippen molar-refractivity contribution in [1.29, 1.82) is 5.26 Å². The van der Waals surface area contributed by atoms with E-state index < -0.39 is 0 Å². The first kappa shape index (κ1) is 21.4. The second-order valence-corrected chi connectivity index (χ2v) is 6.70. The van der Waals surface area contributed by atoms with Gasteiger partial charge in [0.05, 0.1) is 17.4 Å². The molecule has 0 fully saturated rings. The normalized spacial score (nSPS) is 11.6. The Bertz CT molecular complexity index is 1050. The van der Waals surface area contributed by atoms with Gasteiger partial charge in [-0.15, -0.1) is 0 Å². The Hall–Kier alpha value is -3.35. The number of nitrogens with zero attached hydrogens (tertiary/aromatic N) is 4. The number of nitriles is 1. The van der Waals surface area contributed by atoms with Gasteiger partial charge < -0.3 is 25.1 Å². The maximum Gasteiger partial charge on any atom is 0.229 e. The Balaban J connectivity index is 1.85. The lowest BCUT2D eigenvalue weighted by molar-refractivity contribution is 0.195. The highest BCUT2D eigenvalue weighted by molar-refractivity contribution is 6.29. The van der Waals surface area contributed by atoms with E-state index in [4.69, 9.17) is 20.8 Å². The highest BCUT2D eigenvalue weighted by Crippen LogP contribution is 2.30. The maximum atomic E-state index is 9.34. The lowest BCUT2D eigenvalue weighted by Crippen LogP contribution is -2.28. The molecule has 0 aliphatic rings. The van der Waals surface area contributed by atoms with E-state index in [9.17, 15) is 5.26 Å². The van der Waals surface area contributed by atoms with Crippen molar-refractivity contribution in [3.8, 4) is 23.1 Å². The minimum atomic E-state index is -0.0781. The molecule has 30 heavy (non-hydrogen) atoms. The molecular formula is C20H22ClN7O2. The van der Waals surface area contributed by atoms with Gasteiger partial charge in [-0.2, -0.15) is 10.2 Å². The van der Waals surface area contributed by atoms with Gasteiger partial charge in [0.1, 0.15) is 23.8 Å². The van der Waals surface area contributed by atoms with Gasteiger partial charge in [0.2, 0.25) is 5.95 Å². The van der Waals surface area contributed by atoms with Crippen molar-refractivity contribution >= 4 is 29.1 Å². The van der Waals surface area contributed by atoms with Crippen molar-refractivity contribution < 1.29 is 9.15 Å². The highest BCUT2D eigenvalue weighted by atomic mass is 35.5. The predicted molar refractivity (Wildman–Crippen MR) is 115 cm³/mol. The number of halogens is 1. The molecule has 0 amide bonds. The average Bonchev–Trinajstić information content (AvgIpc) is 3.19. The maximum absolute atomic E-state index is 9.34. The molecule has 3 aromatic rings. The van der Waals surface area contributed by atoms with Crippen LogP contribution in [0.3, 0.4) is 0 Å². The number of rotatable bonds is 9. The molecule has 0 aromatic carbocycles. The molecule has 0 radical (unpaired) electrons. The van der Waals surface area contributed by atoms with Crippen LogP contribution < -0.4 is 20.7 Å². The molecule has 0 saturated carbocycles. The van der Waals surface area contributed by atoms with Crippen LogP contribution in [0.5, 0.6) is 5.75 Å². The standard InChI is InChI=1S/C20H22ClN7O2/c1-4-13(10-23-2)29-17-7-12(9-25-15(17)8-22)27-20-26-11-14(19(24-3)28-20)16-5-6-18(21)30-16/h5-7,9,11,13,23H,4,10H2,1-3H3,(H2,24,26,27,28). The third-order valence-corrected chi connectivity index (χ3v) is 4.46. The number of nitrogens with one attached hydrogen (secondary N) is 3. The van der Waals surface area contributed by atoms with Crippen LogP contribution in [0.2, 0.25) is 5.22 Å². The molecule has 0 aliphatic heterocycles. The van der Waals surface area contributed by atoms with E-state index in [0.29, 0.717) is 41.1 Å². The molecule has 0 spiro atoms. The van der Waals surface area contributed by atoms with Crippen LogP contribution in [0, 0.1) is 11.3 Å². The minimum Gasteiger partial charge on any atom is -0.486 e. The van der Waals surface area contributed by atoms with Crippen molar-refractivity contribution in [3.63, 3.8) is 0 Å². The Morgan fingerprint density at radius 3 is 2.73 bits per heavy atom. The number of anilines is 3. The minimum absolute atomic E-state index is 0.0781. The Labute approximate surface area is 179 Å². The van der Waals surface area contributed by atoms with E-state index in [-0.39, 0.29) is 17.0 Å². The summed E-state index contributed by atoms with van der Waals surface area (Å²) in [5.74, 6) is 1.87. The van der Waals surface area contributed by atoms with Gasteiger partial charge in [0.25, 0.3) is 0 Å². The highest BCUT2D eigenvalue weighted by Gasteiger charge is 2.15. The van der Waals surface area contributed by atoms with Crippen molar-refractivity contribution in [2.75, 3.05) is 31.3 Å². The lowest BCUT2D eigenvalue weighted by atomic mass is 10.2. The van der Waals surface area contributed by atoms with Crippen LogP contribution in [-0.4, -0.2) is 41.7 Å². The first-order chi connectivity index (χ1) is 14.6. The first-order valence-corrected chi connectivity index (χ1v) is 9.74. The lowest BCUT2D eigenvalue weighted by Gasteiger charge is -2.18. The molecular weight excluding hydrogens is 406 g/mol. The summed E-state index contributed by atoms with van der Waals surface area (Å²) < 4.78 is 11.4. The smallest absolute Gasteiger partial charge is 0.229 e. The van der Waals surface area contributed by atoms with Gasteiger partial charge in [-0.05, 0) is 37.2 Å². The van der Waals surface area contributed by atoms with E-state index in [2.05, 4.69) is 37.0 Å². The molecule has 0 saturated heterocycles. The fraction of sp³-hybridized carbons (Fsp3) is 0.300. The van der Waals surface area contributed by atoms with Gasteiger partial charge in [0.15, 0.2) is 16.7 Å². The summed E-state index contributed by atoms with van der Waals surface area (Å²) in [6, 6.07) is 7.18. The molecule has 1 atom stereocenters. The number of aromatic nitrogens is 3. The summed E-state index contributed by atoms with van der Waals surface area (Å²) in [6.45, 7) is 2.68. The van der Waals surface area contributed by atoms with E-state index in [0.717, 1.165) is 6.42 Å². The average molecular weight is 428 g/mol. The molecule has 0 bridgehead atoms. The summed E-state index contributed by atoms with van der Waals surface area (Å²) in [5, 5.41) is 18.8. The molecule has 3 N–H and O–H groups in total. The second-order valence-electron chi connectivity index (χ2n) is 6.32. The van der Waals surface area contributed by atoms with E-state index >= 15 is 0 Å². The summed E-state index contributed by atoms with van der Waals surface area (Å²) in [7, 11) is 3.60. The third kappa shape index (κ3) is 4.97. The largest absolute Gasteiger partial charge is 0.486 e. The molecule has 1 unspecified atom stereocenters. The van der Waals surface area contributed by atoms with Crippen LogP contribution in [0.4, 0.5) is 17.5 Å². The zero-order valence-electron chi connectivity index (χ0n) is 16.9. The van der Waals surface area contributed by atoms with Crippen LogP contribution >= 0.6 is 11.6 Å². The van der Waals surface area contributed by atoms with E-state index in [1.54, 1.807) is 31.4 Å². The zero-order valence-corrected chi connectivity index (χ0v) is 17.6. The third-order valence-electron chi connectivity index (χ3n) is 4.26. The van der Waals surface area contributed by atoms with Crippen molar-refractivity contribution in [2.45, 2.75) is 19.4 Å². The van der Waals surface area contributed by atoms with E-state index in [1.807, 2.05) is 14.0 Å². The molecule has 3 heterocycles. The van der Waals surface area contributed by atoms with Crippen LogP contribution in [0.25, 0.3) is 11.3 Å². The summed E-state index contributed by atoms with van der Waals surface area (Å²) in [6.07, 6.45) is 3.87. The topological polar surface area (TPSA) is 121 Å². The number of pyridine rings is 1. The van der Waals surface area contributed by atoms with Crippen molar-refractivity contribution in [2.24, 2.45) is 0 Å². The molecule has 0 aliphatic carbocycles. The number of furan rings is 1. The summed E-state index contributed by atoms with van der Waals surface area (Å²) in [5.41, 5.74) is 1.49. The van der Waals surface area contributed by atoms with Crippen molar-refractivity contribution in [3.05, 3.63) is 41.5 Å². The Morgan fingerprint density at radius 2 is 2.10 bits per heavy atom. The number of hydrogen-bond acceptors (Lipinski definition) is 9. The van der Waals surface area contributed by atoms with Gasteiger partial charge >= 0.3 is 0 Å². The van der Waals surface area contributed by atoms with Crippen LogP contribution in [0.15, 0.2) is 35.0 Å². The SMILES string of the molecule is CCC(CNC)Oc1cc(Nc2ncc(-c3ccc(Cl)o3)c(NC)n2)cnc1C#N. The summed E-state index contributed by atoms with van der Waals surface area (Å²) >= 11 is 5.86. The van der Waals surface area contributed by atoms with Crippen molar-refractivity contribution in [1.82, 2.24) is 20.3 Å². The van der Waals surface area contributed by atoms with Gasteiger partial charge in [-0.1, -0.05) is 6.92 Å². The monoisotopic (exact) mass is 427 g/mol. The molecule has 10 heteroatoms. The fourth-order valence-electron chi connectivity index (χ4n) is 2.76. The molecule has 156 valence electrons. The number of likely N-dealkylation sites (N-methyl/N-ethyl adjacent to an activating group) is 1. The fourth-order valence-corrected chi connectivity index (χ4v) is 2.91. The number of hydrogen-bond donors (Lipinski definition) is 3. The van der Waals surface area contributed by atoms with Crippen LogP contribution in [-0.2, 0) is 0 Å². The first-order valence-electron chi connectivity index (χ1n) is 9.36. The quantitative estimate of drug-likeness (QED) is 0.467. The second kappa shape index (κ2) is 9.91. The zero-order chi connectivity index (χ0) is 21.5. The number of ether oxygens (including phenoxy) is 1. The van der Waals surface area contributed by atoms with E-state index in [1.165, 1.54) is 6.20 Å². The Kier molecular flexibility index (Phi) is 7.06. The summed E-state index contributed by atoms with van der Waals surface area (Å²) in [4.78, 5) is 13.0. The predicted octanol–water partition coefficient (Wildman–Crippen LogP) is 3.82. The molecule has 3 rings (SSSR count). The molecule has 9 nitrogen and oxygen atoms in total. The Morgan fingerprint density at radius 1 is 1.27 bits per heavy atom.